The van der Waals surface area contributed by atoms with Gasteiger partial charge in [0.1, 0.15) is 6.07 Å². The number of ether oxygens (including phenoxy) is 1. The molecular formula is C28H34N4O3. The van der Waals surface area contributed by atoms with E-state index in [2.05, 4.69) is 44.8 Å². The molecule has 1 aromatic carbocycles. The number of hydrogen-bond donors (Lipinski definition) is 2. The van der Waals surface area contributed by atoms with Gasteiger partial charge in [0.2, 0.25) is 5.82 Å². The number of carbonyl (C=O) groups excluding carboxylic acids is 1. The van der Waals surface area contributed by atoms with Crippen LogP contribution in [0.5, 0.6) is 0 Å². The van der Waals surface area contributed by atoms with Gasteiger partial charge in [-0.1, -0.05) is 26.0 Å². The second-order valence-electron chi connectivity index (χ2n) is 12.0. The fourth-order valence-electron chi connectivity index (χ4n) is 6.38. The van der Waals surface area contributed by atoms with Gasteiger partial charge in [-0.2, -0.15) is 5.26 Å². The number of nitrogens with zero attached hydrogens (tertiary/aromatic N) is 3. The van der Waals surface area contributed by atoms with E-state index in [1.165, 1.54) is 5.57 Å². The van der Waals surface area contributed by atoms with Crippen LogP contribution in [0, 0.1) is 16.7 Å². The minimum absolute atomic E-state index is 0.0233. The molecule has 2 fully saturated rings. The number of rotatable bonds is 4. The largest absolute Gasteiger partial charge is 0.385 e. The Bertz CT molecular complexity index is 1270. The van der Waals surface area contributed by atoms with Crippen LogP contribution in [0.3, 0.4) is 0 Å². The molecule has 2 unspecified atom stereocenters. The number of allylic oxidation sites excluding steroid dienone is 2. The maximum absolute atomic E-state index is 12.2. The van der Waals surface area contributed by atoms with Crippen molar-refractivity contribution < 1.29 is 14.6 Å². The Labute approximate surface area is 206 Å². The molecule has 184 valence electrons. The summed E-state index contributed by atoms with van der Waals surface area (Å²) in [6.07, 6.45) is 9.62. The highest BCUT2D eigenvalue weighted by Gasteiger charge is 2.56. The Kier molecular flexibility index (Phi) is 5.28. The highest BCUT2D eigenvalue weighted by molar-refractivity contribution is 5.90. The molecule has 1 amide bonds. The van der Waals surface area contributed by atoms with E-state index >= 15 is 0 Å². The van der Waals surface area contributed by atoms with Crippen molar-refractivity contribution in [1.29, 1.82) is 5.26 Å². The van der Waals surface area contributed by atoms with E-state index in [4.69, 9.17) is 10.5 Å². The third kappa shape index (κ3) is 4.19. The van der Waals surface area contributed by atoms with Gasteiger partial charge < -0.3 is 15.6 Å². The van der Waals surface area contributed by atoms with Crippen molar-refractivity contribution in [3.8, 4) is 11.8 Å². The van der Waals surface area contributed by atoms with Crippen LogP contribution in [0.15, 0.2) is 30.5 Å². The van der Waals surface area contributed by atoms with Crippen molar-refractivity contribution in [1.82, 2.24) is 9.55 Å². The first-order valence-corrected chi connectivity index (χ1v) is 12.4. The molecule has 35 heavy (non-hydrogen) atoms. The van der Waals surface area contributed by atoms with Crippen LogP contribution in [0.2, 0.25) is 0 Å². The van der Waals surface area contributed by atoms with Gasteiger partial charge in [0.25, 0.3) is 5.91 Å². The Balaban J connectivity index is 1.66. The minimum Gasteiger partial charge on any atom is -0.385 e. The van der Waals surface area contributed by atoms with Gasteiger partial charge in [0.15, 0.2) is 5.69 Å². The van der Waals surface area contributed by atoms with Gasteiger partial charge >= 0.3 is 0 Å². The van der Waals surface area contributed by atoms with Crippen LogP contribution in [0.1, 0.15) is 100 Å². The molecule has 2 bridgehead atoms. The van der Waals surface area contributed by atoms with Crippen molar-refractivity contribution in [2.45, 2.75) is 89.4 Å². The number of carbonyl (C=O) groups is 1. The third-order valence-electron chi connectivity index (χ3n) is 8.16. The monoisotopic (exact) mass is 474 g/mol. The molecule has 0 radical (unpaired) electrons. The van der Waals surface area contributed by atoms with E-state index in [1.54, 1.807) is 10.8 Å². The van der Waals surface area contributed by atoms with Gasteiger partial charge in [0.05, 0.1) is 22.5 Å². The number of fused-ring (bicyclic) bond motifs is 2. The first kappa shape index (κ1) is 23.8. The summed E-state index contributed by atoms with van der Waals surface area (Å²) >= 11 is 0. The molecule has 0 saturated carbocycles. The summed E-state index contributed by atoms with van der Waals surface area (Å²) in [5, 5.41) is 21.4. The predicted octanol–water partition coefficient (Wildman–Crippen LogP) is 4.75. The van der Waals surface area contributed by atoms with E-state index in [1.807, 2.05) is 18.2 Å². The number of primary amides is 1. The lowest BCUT2D eigenvalue weighted by Crippen LogP contribution is -2.49. The Morgan fingerprint density at radius 3 is 2.43 bits per heavy atom. The summed E-state index contributed by atoms with van der Waals surface area (Å²) in [7, 11) is 0. The predicted molar refractivity (Wildman–Crippen MR) is 133 cm³/mol. The number of imidazole rings is 1. The zero-order valence-corrected chi connectivity index (χ0v) is 21.0. The lowest BCUT2D eigenvalue weighted by atomic mass is 9.74. The van der Waals surface area contributed by atoms with Crippen molar-refractivity contribution in [2.24, 2.45) is 11.1 Å². The normalized spacial score (nSPS) is 31.6. The molecule has 1 aliphatic carbocycles. The molecule has 0 spiro atoms. The standard InChI is InChI=1S/C28H34N4O3/c1-25(2)9-7-18(8-10-25)21-13-19(28(34)16-26(3)11-12-27(4,17-28)35-26)5-6-22(21)32-15-20(14-29)31-24(32)23(30)33/h5-7,13,15,34H,8-12,16-17H2,1-4H3,(H2,30,33). The molecule has 5 rings (SSSR count). The van der Waals surface area contributed by atoms with Gasteiger partial charge in [-0.3, -0.25) is 9.36 Å². The number of aromatic nitrogens is 2. The number of aliphatic hydroxyl groups is 1. The smallest absolute Gasteiger partial charge is 0.285 e. The highest BCUT2D eigenvalue weighted by Crippen LogP contribution is 2.55. The van der Waals surface area contributed by atoms with Crippen LogP contribution in [0.4, 0.5) is 0 Å². The second kappa shape index (κ2) is 7.78. The van der Waals surface area contributed by atoms with Crippen LogP contribution < -0.4 is 5.73 Å². The lowest BCUT2D eigenvalue weighted by Gasteiger charge is -2.46. The fraction of sp³-hybridized carbons (Fsp3) is 0.536. The lowest BCUT2D eigenvalue weighted by molar-refractivity contribution is -0.197. The van der Waals surface area contributed by atoms with Crippen molar-refractivity contribution in [2.75, 3.05) is 0 Å². The van der Waals surface area contributed by atoms with Crippen LogP contribution in [0.25, 0.3) is 11.3 Å². The Morgan fingerprint density at radius 1 is 1.17 bits per heavy atom. The van der Waals surface area contributed by atoms with Crippen molar-refractivity contribution >= 4 is 11.5 Å². The first-order valence-electron chi connectivity index (χ1n) is 12.4. The number of amides is 1. The van der Waals surface area contributed by atoms with E-state index in [9.17, 15) is 15.2 Å². The van der Waals surface area contributed by atoms with Crippen LogP contribution >= 0.6 is 0 Å². The van der Waals surface area contributed by atoms with E-state index in [0.717, 1.165) is 48.9 Å². The van der Waals surface area contributed by atoms with Crippen molar-refractivity contribution in [3.05, 3.63) is 53.1 Å². The topological polar surface area (TPSA) is 114 Å². The maximum Gasteiger partial charge on any atom is 0.285 e. The SMILES string of the molecule is CC1(C)CC=C(c2cc(C3(O)CC4(C)CCC(C)(C3)O4)ccc2-n2cc(C#N)nc2C(N)=O)CC1. The third-order valence-corrected chi connectivity index (χ3v) is 8.16. The van der Waals surface area contributed by atoms with Crippen LogP contribution in [-0.2, 0) is 10.3 Å². The molecular weight excluding hydrogens is 440 g/mol. The molecule has 2 atom stereocenters. The van der Waals surface area contributed by atoms with E-state index < -0.39 is 11.5 Å². The minimum atomic E-state index is -1.01. The number of nitriles is 1. The summed E-state index contributed by atoms with van der Waals surface area (Å²) in [5.41, 5.74) is 7.96. The van der Waals surface area contributed by atoms with E-state index in [-0.39, 0.29) is 28.1 Å². The summed E-state index contributed by atoms with van der Waals surface area (Å²) in [4.78, 5) is 16.3. The maximum atomic E-state index is 12.2. The van der Waals surface area contributed by atoms with Gasteiger partial charge in [-0.15, -0.1) is 0 Å². The number of nitrogens with two attached hydrogens (primary N) is 1. The fourth-order valence-corrected chi connectivity index (χ4v) is 6.38. The number of benzene rings is 1. The van der Waals surface area contributed by atoms with E-state index in [0.29, 0.717) is 12.8 Å². The van der Waals surface area contributed by atoms with Gasteiger partial charge in [-0.25, -0.2) is 4.98 Å². The summed E-state index contributed by atoms with van der Waals surface area (Å²) in [6.45, 7) is 8.72. The second-order valence-corrected chi connectivity index (χ2v) is 12.0. The number of hydrogen-bond acceptors (Lipinski definition) is 5. The summed E-state index contributed by atoms with van der Waals surface area (Å²) in [5.74, 6) is -0.670. The molecule has 2 aliphatic heterocycles. The molecule has 3 aliphatic rings. The summed E-state index contributed by atoms with van der Waals surface area (Å²) < 4.78 is 7.96. The average molecular weight is 475 g/mol. The van der Waals surface area contributed by atoms with Gasteiger partial charge in [-0.05, 0) is 74.6 Å². The zero-order chi connectivity index (χ0) is 25.2. The molecule has 3 heterocycles. The zero-order valence-electron chi connectivity index (χ0n) is 21.0. The van der Waals surface area contributed by atoms with Crippen molar-refractivity contribution in [3.63, 3.8) is 0 Å². The summed E-state index contributed by atoms with van der Waals surface area (Å²) in [6, 6.07) is 7.92. The molecule has 3 N–H and O–H groups in total. The average Bonchev–Trinajstić information content (AvgIpc) is 3.31. The Morgan fingerprint density at radius 2 is 1.86 bits per heavy atom. The molecule has 7 heteroatoms. The molecule has 7 nitrogen and oxygen atoms in total. The Hall–Kier alpha value is -2.95. The quantitative estimate of drug-likeness (QED) is 0.664. The first-order chi connectivity index (χ1) is 16.3. The van der Waals surface area contributed by atoms with Gasteiger partial charge in [0, 0.05) is 24.6 Å². The molecule has 1 aromatic heterocycles. The molecule has 2 aromatic rings. The molecule has 2 saturated heterocycles. The highest BCUT2D eigenvalue weighted by atomic mass is 16.5. The van der Waals surface area contributed by atoms with Crippen LogP contribution in [-0.4, -0.2) is 31.8 Å².